The van der Waals surface area contributed by atoms with Crippen LogP contribution in [0.15, 0.2) is 53.3 Å². The second kappa shape index (κ2) is 8.58. The van der Waals surface area contributed by atoms with Crippen molar-refractivity contribution < 1.29 is 4.79 Å². The summed E-state index contributed by atoms with van der Waals surface area (Å²) in [5.41, 5.74) is 1.64. The molecule has 154 valence electrons. The second-order valence-corrected chi connectivity index (χ2v) is 8.72. The van der Waals surface area contributed by atoms with Crippen molar-refractivity contribution in [2.45, 2.75) is 32.7 Å². The van der Waals surface area contributed by atoms with Gasteiger partial charge in [-0.05, 0) is 43.5 Å². The highest BCUT2D eigenvalue weighted by Gasteiger charge is 2.24. The number of nitrogens with one attached hydrogen (secondary N) is 1. The van der Waals surface area contributed by atoms with Crippen LogP contribution >= 0.6 is 22.9 Å². The van der Waals surface area contributed by atoms with E-state index in [0.717, 1.165) is 26.0 Å². The summed E-state index contributed by atoms with van der Waals surface area (Å²) in [6.07, 6.45) is 1.17. The molecule has 0 saturated carbocycles. The molecule has 1 N–H and O–H groups in total. The van der Waals surface area contributed by atoms with E-state index in [1.807, 2.05) is 62.4 Å². The minimum atomic E-state index is -0.649. The molecule has 2 heterocycles. The van der Waals surface area contributed by atoms with Crippen LogP contribution in [0.1, 0.15) is 30.6 Å². The summed E-state index contributed by atoms with van der Waals surface area (Å²) in [7, 11) is 0. The van der Waals surface area contributed by atoms with E-state index in [1.165, 1.54) is 4.68 Å². The van der Waals surface area contributed by atoms with Crippen molar-refractivity contribution in [2.24, 2.45) is 0 Å². The van der Waals surface area contributed by atoms with E-state index >= 15 is 0 Å². The fourth-order valence-corrected chi connectivity index (χ4v) is 4.92. The number of thiophene rings is 1. The van der Waals surface area contributed by atoms with Gasteiger partial charge in [-0.2, -0.15) is 5.10 Å². The lowest BCUT2D eigenvalue weighted by Crippen LogP contribution is -2.39. The summed E-state index contributed by atoms with van der Waals surface area (Å²) in [5.74, 6) is -0.195. The van der Waals surface area contributed by atoms with Crippen LogP contribution in [-0.2, 0) is 11.2 Å². The minimum Gasteiger partial charge on any atom is -0.354 e. The Hall–Kier alpha value is -2.70. The molecule has 0 radical (unpaired) electrons. The molecule has 0 aliphatic rings. The number of nitrogens with zero attached hydrogens (tertiary/aromatic N) is 2. The van der Waals surface area contributed by atoms with Crippen LogP contribution in [0.4, 0.5) is 0 Å². The van der Waals surface area contributed by atoms with Gasteiger partial charge in [0.25, 0.3) is 5.56 Å². The highest BCUT2D eigenvalue weighted by atomic mass is 35.5. The molecular weight excluding hydrogens is 418 g/mol. The van der Waals surface area contributed by atoms with Crippen LogP contribution in [0, 0.1) is 6.92 Å². The van der Waals surface area contributed by atoms with E-state index < -0.39 is 6.04 Å². The number of amides is 1. The summed E-state index contributed by atoms with van der Waals surface area (Å²) in [6.45, 7) is 4.26. The molecule has 7 heteroatoms. The maximum Gasteiger partial charge on any atom is 0.276 e. The van der Waals surface area contributed by atoms with Crippen molar-refractivity contribution in [3.8, 4) is 0 Å². The topological polar surface area (TPSA) is 64.0 Å². The molecule has 0 aliphatic heterocycles. The lowest BCUT2D eigenvalue weighted by atomic mass is 10.1. The zero-order valence-corrected chi connectivity index (χ0v) is 18.4. The molecule has 4 rings (SSSR count). The quantitative estimate of drug-likeness (QED) is 0.465. The monoisotopic (exact) mass is 439 g/mol. The fourth-order valence-electron chi connectivity index (χ4n) is 3.66. The number of carbonyl (C=O) groups excluding carboxylic acids is 1. The van der Waals surface area contributed by atoms with Crippen LogP contribution in [0.2, 0.25) is 5.02 Å². The Morgan fingerprint density at radius 2 is 1.93 bits per heavy atom. The van der Waals surface area contributed by atoms with E-state index in [-0.39, 0.29) is 11.5 Å². The van der Waals surface area contributed by atoms with E-state index in [9.17, 15) is 9.59 Å². The summed E-state index contributed by atoms with van der Waals surface area (Å²) in [5, 5.41) is 9.71. The van der Waals surface area contributed by atoms with Gasteiger partial charge in [0.15, 0.2) is 0 Å². The van der Waals surface area contributed by atoms with Crippen molar-refractivity contribution in [2.75, 3.05) is 6.54 Å². The fraction of sp³-hybridized carbons (Fsp3) is 0.261. The van der Waals surface area contributed by atoms with Crippen LogP contribution in [0.3, 0.4) is 0 Å². The number of carbonyl (C=O) groups is 1. The summed E-state index contributed by atoms with van der Waals surface area (Å²) >= 11 is 7.48. The van der Waals surface area contributed by atoms with Crippen molar-refractivity contribution in [1.29, 1.82) is 0 Å². The van der Waals surface area contributed by atoms with E-state index in [2.05, 4.69) is 10.4 Å². The first-order valence-corrected chi connectivity index (χ1v) is 11.1. The molecule has 2 aromatic heterocycles. The molecule has 5 nitrogen and oxygen atoms in total. The van der Waals surface area contributed by atoms with Crippen molar-refractivity contribution in [3.05, 3.63) is 75.2 Å². The maximum absolute atomic E-state index is 13.3. The number of benzene rings is 2. The number of hydrogen-bond acceptors (Lipinski definition) is 4. The number of aromatic nitrogens is 2. The normalized spacial score (nSPS) is 12.4. The van der Waals surface area contributed by atoms with E-state index in [4.69, 9.17) is 11.6 Å². The summed E-state index contributed by atoms with van der Waals surface area (Å²) in [4.78, 5) is 26.2. The van der Waals surface area contributed by atoms with Crippen molar-refractivity contribution >= 4 is 49.0 Å². The molecule has 30 heavy (non-hydrogen) atoms. The third-order valence-electron chi connectivity index (χ3n) is 5.21. The molecule has 0 bridgehead atoms. The van der Waals surface area contributed by atoms with Crippen LogP contribution in [0.5, 0.6) is 0 Å². The van der Waals surface area contributed by atoms with Crippen LogP contribution in [-0.4, -0.2) is 22.2 Å². The highest BCUT2D eigenvalue weighted by molar-refractivity contribution is 7.26. The van der Waals surface area contributed by atoms with Gasteiger partial charge in [-0.3, -0.25) is 9.59 Å². The number of aryl methyl sites for hydroxylation is 1. The SMILES string of the molecule is CCC(C(=O)NCCc1ccc(Cl)cc1)n1nc(C)c2sc3ccccc3c2c1=O. The zero-order chi connectivity index (χ0) is 21.3. The van der Waals surface area contributed by atoms with E-state index in [0.29, 0.717) is 29.8 Å². The van der Waals surface area contributed by atoms with Gasteiger partial charge in [0.05, 0.1) is 15.8 Å². The number of rotatable bonds is 6. The molecule has 0 spiro atoms. The van der Waals surface area contributed by atoms with Crippen molar-refractivity contribution in [3.63, 3.8) is 0 Å². The molecular formula is C23H22ClN3O2S. The molecule has 1 unspecified atom stereocenters. The molecule has 4 aromatic rings. The predicted octanol–water partition coefficient (Wildman–Crippen LogP) is 4.88. The molecule has 1 atom stereocenters. The summed E-state index contributed by atoms with van der Waals surface area (Å²) < 4.78 is 3.29. The Kier molecular flexibility index (Phi) is 5.88. The standard InChI is InChI=1S/C23H22ClN3O2S/c1-3-18(22(28)25-13-12-15-8-10-16(24)11-9-15)27-23(29)20-17-6-4-5-7-19(17)30-21(20)14(2)26-27/h4-11,18H,3,12-13H2,1-2H3,(H,25,28). The Labute approximate surface area is 183 Å². The van der Waals surface area contributed by atoms with Gasteiger partial charge in [0, 0.05) is 21.7 Å². The van der Waals surface area contributed by atoms with Crippen LogP contribution in [0.25, 0.3) is 20.2 Å². The largest absolute Gasteiger partial charge is 0.354 e. The molecule has 2 aromatic carbocycles. The number of halogens is 1. The van der Waals surface area contributed by atoms with Crippen LogP contribution < -0.4 is 10.9 Å². The van der Waals surface area contributed by atoms with Gasteiger partial charge < -0.3 is 5.32 Å². The lowest BCUT2D eigenvalue weighted by molar-refractivity contribution is -0.124. The van der Waals surface area contributed by atoms with E-state index in [1.54, 1.807) is 11.3 Å². The highest BCUT2D eigenvalue weighted by Crippen LogP contribution is 2.33. The molecule has 0 aliphatic carbocycles. The van der Waals surface area contributed by atoms with Gasteiger partial charge in [-0.25, -0.2) is 4.68 Å². The number of hydrogen-bond donors (Lipinski definition) is 1. The Morgan fingerprint density at radius 1 is 1.20 bits per heavy atom. The molecule has 1 amide bonds. The zero-order valence-electron chi connectivity index (χ0n) is 16.8. The summed E-state index contributed by atoms with van der Waals surface area (Å²) in [6, 6.07) is 14.7. The third kappa shape index (κ3) is 3.85. The van der Waals surface area contributed by atoms with Gasteiger partial charge in [-0.1, -0.05) is 48.9 Å². The average Bonchev–Trinajstić information content (AvgIpc) is 3.14. The first-order valence-electron chi connectivity index (χ1n) is 9.92. The Morgan fingerprint density at radius 3 is 2.67 bits per heavy atom. The third-order valence-corrected chi connectivity index (χ3v) is 6.75. The average molecular weight is 440 g/mol. The lowest BCUT2D eigenvalue weighted by Gasteiger charge is -2.17. The van der Waals surface area contributed by atoms with Crippen molar-refractivity contribution in [1.82, 2.24) is 15.1 Å². The second-order valence-electron chi connectivity index (χ2n) is 7.23. The Bertz CT molecular complexity index is 1280. The first-order chi connectivity index (χ1) is 14.5. The van der Waals surface area contributed by atoms with Gasteiger partial charge in [0.2, 0.25) is 5.91 Å². The Balaban J connectivity index is 1.61. The first kappa shape index (κ1) is 20.6. The number of fused-ring (bicyclic) bond motifs is 3. The van der Waals surface area contributed by atoms with Gasteiger partial charge in [-0.15, -0.1) is 11.3 Å². The smallest absolute Gasteiger partial charge is 0.276 e. The van der Waals surface area contributed by atoms with Gasteiger partial charge >= 0.3 is 0 Å². The molecule has 0 saturated heterocycles. The predicted molar refractivity (Wildman–Crippen MR) is 124 cm³/mol. The molecule has 0 fully saturated rings. The maximum atomic E-state index is 13.3. The minimum absolute atomic E-state index is 0.195. The van der Waals surface area contributed by atoms with Gasteiger partial charge in [0.1, 0.15) is 6.04 Å².